The van der Waals surface area contributed by atoms with E-state index in [0.717, 1.165) is 28.3 Å². The second-order valence-corrected chi connectivity index (χ2v) is 7.93. The maximum absolute atomic E-state index is 12.0. The number of thiazole rings is 1. The van der Waals surface area contributed by atoms with Crippen molar-refractivity contribution in [3.8, 4) is 0 Å². The first-order valence-electron chi connectivity index (χ1n) is 5.70. The van der Waals surface area contributed by atoms with E-state index in [0.29, 0.717) is 5.13 Å². The van der Waals surface area contributed by atoms with Crippen molar-refractivity contribution in [2.75, 3.05) is 5.32 Å². The summed E-state index contributed by atoms with van der Waals surface area (Å²) in [6.07, 6.45) is 0.798. The molecule has 0 saturated heterocycles. The van der Waals surface area contributed by atoms with Crippen LogP contribution in [0.1, 0.15) is 27.9 Å². The molecule has 0 radical (unpaired) electrons. The van der Waals surface area contributed by atoms with Gasteiger partial charge in [0.2, 0.25) is 10.0 Å². The average Bonchev–Trinajstić information content (AvgIpc) is 2.95. The maximum atomic E-state index is 12.0. The molecular formula is C11H13N3O3S3. The lowest BCUT2D eigenvalue weighted by atomic mass is 10.3. The third-order valence-electron chi connectivity index (χ3n) is 2.57. The second-order valence-electron chi connectivity index (χ2n) is 4.03. The first-order valence-corrected chi connectivity index (χ1v) is 8.94. The lowest BCUT2D eigenvalue weighted by Crippen LogP contribution is -2.12. The number of primary sulfonamides is 1. The zero-order valence-corrected chi connectivity index (χ0v) is 13.3. The lowest BCUT2D eigenvalue weighted by Gasteiger charge is -1.97. The molecule has 9 heteroatoms. The summed E-state index contributed by atoms with van der Waals surface area (Å²) in [4.78, 5) is 17.3. The number of aromatic nitrogens is 1. The number of hydrogen-bond acceptors (Lipinski definition) is 6. The zero-order chi connectivity index (χ0) is 14.9. The molecule has 20 heavy (non-hydrogen) atoms. The molecule has 0 aliphatic heterocycles. The van der Waals surface area contributed by atoms with Crippen LogP contribution in [0.25, 0.3) is 0 Å². The van der Waals surface area contributed by atoms with Crippen LogP contribution >= 0.6 is 22.7 Å². The molecule has 0 atom stereocenters. The minimum atomic E-state index is -3.77. The Morgan fingerprint density at radius 1 is 1.50 bits per heavy atom. The van der Waals surface area contributed by atoms with E-state index in [4.69, 9.17) is 5.14 Å². The molecule has 2 aromatic rings. The van der Waals surface area contributed by atoms with Gasteiger partial charge in [-0.25, -0.2) is 18.5 Å². The molecule has 2 aromatic heterocycles. The fourth-order valence-electron chi connectivity index (χ4n) is 1.56. The number of hydrogen-bond donors (Lipinski definition) is 2. The molecule has 0 aliphatic rings. The number of carbonyl (C=O) groups excluding carboxylic acids is 1. The van der Waals surface area contributed by atoms with Gasteiger partial charge in [-0.2, -0.15) is 0 Å². The number of anilines is 1. The number of amides is 1. The van der Waals surface area contributed by atoms with Crippen LogP contribution in [0.2, 0.25) is 0 Å². The van der Waals surface area contributed by atoms with Gasteiger partial charge in [0.25, 0.3) is 5.91 Å². The smallest absolute Gasteiger partial charge is 0.258 e. The van der Waals surface area contributed by atoms with E-state index < -0.39 is 15.9 Å². The fourth-order valence-corrected chi connectivity index (χ4v) is 4.05. The molecule has 6 nitrogen and oxygen atoms in total. The molecule has 0 bridgehead atoms. The number of rotatable bonds is 4. The summed E-state index contributed by atoms with van der Waals surface area (Å²) in [7, 11) is -3.77. The molecular weight excluding hydrogens is 318 g/mol. The van der Waals surface area contributed by atoms with Crippen molar-refractivity contribution >= 4 is 43.7 Å². The van der Waals surface area contributed by atoms with Crippen molar-refractivity contribution in [3.05, 3.63) is 27.6 Å². The summed E-state index contributed by atoms with van der Waals surface area (Å²) in [5.41, 5.74) is 1.20. The fraction of sp³-hybridized carbons (Fsp3) is 0.273. The number of sulfonamides is 1. The first-order chi connectivity index (χ1) is 9.31. The third kappa shape index (κ3) is 3.23. The Bertz CT molecular complexity index is 746. The SMILES string of the molecule is CCc1nc(NC(=O)c2csc(S(N)(=O)=O)c2)sc1C. The number of nitrogens with one attached hydrogen (secondary N) is 1. The van der Waals surface area contributed by atoms with Gasteiger partial charge < -0.3 is 0 Å². The van der Waals surface area contributed by atoms with E-state index in [2.05, 4.69) is 10.3 Å². The molecule has 1 amide bonds. The number of carbonyl (C=O) groups is 1. The number of thiophene rings is 1. The molecule has 0 spiro atoms. The van der Waals surface area contributed by atoms with Crippen LogP contribution < -0.4 is 10.5 Å². The zero-order valence-electron chi connectivity index (χ0n) is 10.8. The minimum absolute atomic E-state index is 0.0350. The van der Waals surface area contributed by atoms with E-state index >= 15 is 0 Å². The van der Waals surface area contributed by atoms with Crippen LogP contribution in [0.5, 0.6) is 0 Å². The van der Waals surface area contributed by atoms with Crippen molar-refractivity contribution in [2.45, 2.75) is 24.5 Å². The van der Waals surface area contributed by atoms with Gasteiger partial charge in [-0.05, 0) is 19.4 Å². The largest absolute Gasteiger partial charge is 0.298 e. The Balaban J connectivity index is 2.17. The highest BCUT2D eigenvalue weighted by molar-refractivity contribution is 7.91. The van der Waals surface area contributed by atoms with Crippen LogP contribution in [0, 0.1) is 6.92 Å². The van der Waals surface area contributed by atoms with Crippen molar-refractivity contribution in [1.29, 1.82) is 0 Å². The molecule has 108 valence electrons. The van der Waals surface area contributed by atoms with Gasteiger partial charge in [0.05, 0.1) is 11.3 Å². The van der Waals surface area contributed by atoms with E-state index in [-0.39, 0.29) is 9.77 Å². The normalized spacial score (nSPS) is 11.6. The Labute approximate surface area is 124 Å². The van der Waals surface area contributed by atoms with E-state index in [1.165, 1.54) is 22.8 Å². The van der Waals surface area contributed by atoms with Gasteiger partial charge in [0.15, 0.2) is 5.13 Å². The molecule has 0 fully saturated rings. The topological polar surface area (TPSA) is 102 Å². The number of aryl methyl sites for hydroxylation is 2. The maximum Gasteiger partial charge on any atom is 0.258 e. The van der Waals surface area contributed by atoms with Crippen LogP contribution in [-0.2, 0) is 16.4 Å². The van der Waals surface area contributed by atoms with Crippen LogP contribution in [0.4, 0.5) is 5.13 Å². The lowest BCUT2D eigenvalue weighted by molar-refractivity contribution is 0.102. The molecule has 0 unspecified atom stereocenters. The third-order valence-corrected chi connectivity index (χ3v) is 5.88. The van der Waals surface area contributed by atoms with Gasteiger partial charge in [-0.3, -0.25) is 10.1 Å². The standard InChI is InChI=1S/C11H13N3O3S3/c1-3-8-6(2)19-11(13-8)14-10(15)7-4-9(18-5-7)20(12,16)17/h4-5H,3H2,1-2H3,(H2,12,16,17)(H,13,14,15). The second kappa shape index (κ2) is 5.60. The Hall–Kier alpha value is -1.29. The molecule has 2 rings (SSSR count). The van der Waals surface area contributed by atoms with Crippen molar-refractivity contribution in [2.24, 2.45) is 5.14 Å². The predicted octanol–water partition coefficient (Wildman–Crippen LogP) is 1.98. The Morgan fingerprint density at radius 2 is 2.20 bits per heavy atom. The first kappa shape index (κ1) is 15.1. The Morgan fingerprint density at radius 3 is 2.70 bits per heavy atom. The molecule has 0 saturated carbocycles. The average molecular weight is 331 g/mol. The summed E-state index contributed by atoms with van der Waals surface area (Å²) < 4.78 is 22.3. The van der Waals surface area contributed by atoms with E-state index in [9.17, 15) is 13.2 Å². The minimum Gasteiger partial charge on any atom is -0.298 e. The molecule has 2 heterocycles. The van der Waals surface area contributed by atoms with Gasteiger partial charge in [-0.1, -0.05) is 6.92 Å². The van der Waals surface area contributed by atoms with Crippen LogP contribution in [0.15, 0.2) is 15.7 Å². The van der Waals surface area contributed by atoms with Gasteiger partial charge in [0.1, 0.15) is 4.21 Å². The summed E-state index contributed by atoms with van der Waals surface area (Å²) in [5, 5.41) is 9.62. The number of nitrogens with two attached hydrogens (primary N) is 1. The molecule has 0 aromatic carbocycles. The monoisotopic (exact) mass is 331 g/mol. The summed E-state index contributed by atoms with van der Waals surface area (Å²) in [6.45, 7) is 3.93. The van der Waals surface area contributed by atoms with Crippen molar-refractivity contribution in [3.63, 3.8) is 0 Å². The van der Waals surface area contributed by atoms with Crippen LogP contribution in [0.3, 0.4) is 0 Å². The molecule has 3 N–H and O–H groups in total. The highest BCUT2D eigenvalue weighted by Gasteiger charge is 2.16. The Kier molecular flexibility index (Phi) is 4.23. The number of nitrogens with zero attached hydrogens (tertiary/aromatic N) is 1. The van der Waals surface area contributed by atoms with Gasteiger partial charge in [-0.15, -0.1) is 22.7 Å². The van der Waals surface area contributed by atoms with E-state index in [1.54, 1.807) is 0 Å². The van der Waals surface area contributed by atoms with Crippen LogP contribution in [-0.4, -0.2) is 19.3 Å². The van der Waals surface area contributed by atoms with E-state index in [1.807, 2.05) is 13.8 Å². The summed E-state index contributed by atoms with van der Waals surface area (Å²) >= 11 is 2.31. The quantitative estimate of drug-likeness (QED) is 0.894. The van der Waals surface area contributed by atoms with Gasteiger partial charge >= 0.3 is 0 Å². The highest BCUT2D eigenvalue weighted by atomic mass is 32.2. The van der Waals surface area contributed by atoms with Gasteiger partial charge in [0, 0.05) is 10.3 Å². The molecule has 0 aliphatic carbocycles. The predicted molar refractivity (Wildman–Crippen MR) is 79.9 cm³/mol. The summed E-state index contributed by atoms with van der Waals surface area (Å²) in [5.74, 6) is -0.396. The highest BCUT2D eigenvalue weighted by Crippen LogP contribution is 2.24. The van der Waals surface area contributed by atoms with Crippen molar-refractivity contribution in [1.82, 2.24) is 4.98 Å². The summed E-state index contributed by atoms with van der Waals surface area (Å²) in [6, 6.07) is 1.26. The van der Waals surface area contributed by atoms with Crippen molar-refractivity contribution < 1.29 is 13.2 Å².